The second-order valence-electron chi connectivity index (χ2n) is 5.20. The van der Waals surface area contributed by atoms with Crippen molar-refractivity contribution >= 4 is 0 Å². The molecule has 0 amide bonds. The topological polar surface area (TPSA) is 40.5 Å². The first kappa shape index (κ1) is 24.6. The van der Waals surface area contributed by atoms with E-state index in [0.717, 1.165) is 12.8 Å². The molecular weight excluding hydrogens is 290 g/mol. The van der Waals surface area contributed by atoms with Crippen LogP contribution in [-0.2, 0) is 19.5 Å². The number of hydrogen-bond donors (Lipinski definition) is 2. The summed E-state index contributed by atoms with van der Waals surface area (Å²) in [5.74, 6) is 1.12. The maximum Gasteiger partial charge on any atom is 0.0459 e. The van der Waals surface area contributed by atoms with Gasteiger partial charge >= 0.3 is 0 Å². The summed E-state index contributed by atoms with van der Waals surface area (Å²) >= 11 is 0. The molecule has 0 aliphatic heterocycles. The van der Waals surface area contributed by atoms with Gasteiger partial charge in [0.1, 0.15) is 0 Å². The van der Waals surface area contributed by atoms with Crippen molar-refractivity contribution in [3.8, 4) is 0 Å². The van der Waals surface area contributed by atoms with Crippen molar-refractivity contribution in [2.45, 2.75) is 79.1 Å². The maximum atomic E-state index is 8.75. The molecule has 0 heterocycles. The van der Waals surface area contributed by atoms with Gasteiger partial charge in [0, 0.05) is 32.7 Å². The van der Waals surface area contributed by atoms with Crippen LogP contribution in [0.3, 0.4) is 0 Å². The van der Waals surface area contributed by atoms with E-state index < -0.39 is 0 Å². The van der Waals surface area contributed by atoms with Gasteiger partial charge in [-0.3, -0.25) is 0 Å². The summed E-state index contributed by atoms with van der Waals surface area (Å²) in [4.78, 5) is 0. The van der Waals surface area contributed by atoms with Gasteiger partial charge in [-0.2, -0.15) is 0 Å². The van der Waals surface area contributed by atoms with Gasteiger partial charge in [-0.05, 0) is 24.7 Å². The van der Waals surface area contributed by atoms with E-state index in [1.165, 1.54) is 38.5 Å². The fraction of sp³-hybridized carbons (Fsp3) is 1.00. The minimum Gasteiger partial charge on any atom is -0.396 e. The summed E-state index contributed by atoms with van der Waals surface area (Å²) in [5, 5.41) is 17.5. The summed E-state index contributed by atoms with van der Waals surface area (Å²) in [5.41, 5.74) is 0. The molecule has 2 nitrogen and oxygen atoms in total. The Morgan fingerprint density at radius 1 is 0.684 bits per heavy atom. The standard InChI is InChI=1S/2C8H18O.Zn/c2*1-3-5-6-8(4-2)7-9;/h2*8-9H,3-7H2,1-2H3;. The monoisotopic (exact) mass is 324 g/mol. The molecule has 0 spiro atoms. The third-order valence-corrected chi connectivity index (χ3v) is 3.60. The summed E-state index contributed by atoms with van der Waals surface area (Å²) in [7, 11) is 0. The molecule has 0 saturated carbocycles. The number of hydrogen-bond acceptors (Lipinski definition) is 2. The van der Waals surface area contributed by atoms with Crippen LogP contribution in [0.4, 0.5) is 0 Å². The van der Waals surface area contributed by atoms with E-state index in [0.29, 0.717) is 25.0 Å². The molecule has 3 heteroatoms. The second kappa shape index (κ2) is 20.9. The first-order valence-electron chi connectivity index (χ1n) is 7.91. The van der Waals surface area contributed by atoms with Gasteiger partial charge in [0.15, 0.2) is 0 Å². The Balaban J connectivity index is -0.000000256. The largest absolute Gasteiger partial charge is 0.396 e. The Morgan fingerprint density at radius 3 is 1.16 bits per heavy atom. The summed E-state index contributed by atoms with van der Waals surface area (Å²) in [6.07, 6.45) is 9.66. The summed E-state index contributed by atoms with van der Waals surface area (Å²) in [6.45, 7) is 9.38. The molecule has 114 valence electrons. The minimum atomic E-state index is 0. The van der Waals surface area contributed by atoms with Gasteiger partial charge in [0.25, 0.3) is 0 Å². The summed E-state index contributed by atoms with van der Waals surface area (Å²) < 4.78 is 0. The fourth-order valence-electron chi connectivity index (χ4n) is 1.83. The molecule has 0 saturated heterocycles. The van der Waals surface area contributed by atoms with Gasteiger partial charge in [-0.1, -0.05) is 66.2 Å². The predicted octanol–water partition coefficient (Wildman–Crippen LogP) is 4.39. The van der Waals surface area contributed by atoms with E-state index >= 15 is 0 Å². The molecule has 2 unspecified atom stereocenters. The van der Waals surface area contributed by atoms with E-state index in [2.05, 4.69) is 27.7 Å². The van der Waals surface area contributed by atoms with E-state index in [9.17, 15) is 0 Å². The summed E-state index contributed by atoms with van der Waals surface area (Å²) in [6, 6.07) is 0. The fourth-order valence-corrected chi connectivity index (χ4v) is 1.83. The van der Waals surface area contributed by atoms with Crippen molar-refractivity contribution in [3.05, 3.63) is 0 Å². The van der Waals surface area contributed by atoms with E-state index in [1.807, 2.05) is 0 Å². The van der Waals surface area contributed by atoms with Crippen molar-refractivity contribution in [1.82, 2.24) is 0 Å². The van der Waals surface area contributed by atoms with Crippen molar-refractivity contribution in [2.75, 3.05) is 13.2 Å². The normalized spacial score (nSPS) is 12.9. The Labute approximate surface area is 134 Å². The van der Waals surface area contributed by atoms with Crippen LogP contribution in [0.1, 0.15) is 79.1 Å². The van der Waals surface area contributed by atoms with E-state index in [1.54, 1.807) is 0 Å². The van der Waals surface area contributed by atoms with E-state index in [4.69, 9.17) is 10.2 Å². The molecule has 0 bridgehead atoms. The van der Waals surface area contributed by atoms with Crippen molar-refractivity contribution in [3.63, 3.8) is 0 Å². The number of aliphatic hydroxyl groups is 2. The van der Waals surface area contributed by atoms with Gasteiger partial charge in [-0.25, -0.2) is 0 Å². The molecule has 0 aromatic heterocycles. The van der Waals surface area contributed by atoms with Gasteiger partial charge in [0.05, 0.1) is 0 Å². The zero-order valence-corrected chi connectivity index (χ0v) is 16.8. The van der Waals surface area contributed by atoms with Gasteiger partial charge < -0.3 is 10.2 Å². The molecule has 2 atom stereocenters. The van der Waals surface area contributed by atoms with Gasteiger partial charge in [0.2, 0.25) is 0 Å². The zero-order valence-electron chi connectivity index (χ0n) is 13.8. The molecule has 0 radical (unpaired) electrons. The average molecular weight is 326 g/mol. The first-order valence-corrected chi connectivity index (χ1v) is 7.91. The first-order chi connectivity index (χ1) is 8.69. The second-order valence-corrected chi connectivity index (χ2v) is 5.20. The Bertz CT molecular complexity index is 119. The molecule has 0 aliphatic carbocycles. The predicted molar refractivity (Wildman–Crippen MR) is 80.8 cm³/mol. The van der Waals surface area contributed by atoms with Crippen LogP contribution in [0.2, 0.25) is 0 Å². The Hall–Kier alpha value is 0.543. The van der Waals surface area contributed by atoms with Crippen LogP contribution < -0.4 is 0 Å². The van der Waals surface area contributed by atoms with Crippen LogP contribution in [0.25, 0.3) is 0 Å². The van der Waals surface area contributed by atoms with Crippen molar-refractivity contribution < 1.29 is 29.7 Å². The van der Waals surface area contributed by atoms with Crippen LogP contribution in [0.5, 0.6) is 0 Å². The van der Waals surface area contributed by atoms with Crippen molar-refractivity contribution in [1.29, 1.82) is 0 Å². The van der Waals surface area contributed by atoms with Crippen LogP contribution in [0, 0.1) is 11.8 Å². The van der Waals surface area contributed by atoms with Crippen LogP contribution >= 0.6 is 0 Å². The third kappa shape index (κ3) is 18.5. The molecule has 0 rings (SSSR count). The van der Waals surface area contributed by atoms with Crippen molar-refractivity contribution in [2.24, 2.45) is 11.8 Å². The maximum absolute atomic E-state index is 8.75. The Morgan fingerprint density at radius 2 is 1.00 bits per heavy atom. The Kier molecular flexibility index (Phi) is 26.9. The van der Waals surface area contributed by atoms with Gasteiger partial charge in [-0.15, -0.1) is 0 Å². The average Bonchev–Trinajstić information content (AvgIpc) is 2.42. The molecule has 19 heavy (non-hydrogen) atoms. The molecule has 0 aromatic carbocycles. The molecule has 0 fully saturated rings. The van der Waals surface area contributed by atoms with Crippen LogP contribution in [-0.4, -0.2) is 23.4 Å². The smallest absolute Gasteiger partial charge is 0.0459 e. The number of aliphatic hydroxyl groups excluding tert-OH is 2. The SMILES string of the molecule is CCCCC(CC)CO.CCCCC(CC)CO.[Zn]. The zero-order chi connectivity index (χ0) is 14.2. The number of unbranched alkanes of at least 4 members (excludes halogenated alkanes) is 2. The molecule has 0 aliphatic rings. The van der Waals surface area contributed by atoms with Crippen LogP contribution in [0.15, 0.2) is 0 Å². The molecular formula is C16H36O2Zn. The quantitative estimate of drug-likeness (QED) is 0.585. The third-order valence-electron chi connectivity index (χ3n) is 3.60. The number of rotatable bonds is 10. The molecule has 0 aromatic rings. The van der Waals surface area contributed by atoms with E-state index in [-0.39, 0.29) is 19.5 Å². The minimum absolute atomic E-state index is 0. The molecule has 2 N–H and O–H groups in total.